The summed E-state index contributed by atoms with van der Waals surface area (Å²) in [5, 5.41) is 12.9. The molecule has 18 heteroatoms. The van der Waals surface area contributed by atoms with Crippen molar-refractivity contribution in [1.29, 1.82) is 0 Å². The maximum absolute atomic E-state index is 12.9. The van der Waals surface area contributed by atoms with E-state index >= 15 is 0 Å². The van der Waals surface area contributed by atoms with Gasteiger partial charge in [0, 0.05) is 55.4 Å². The lowest BCUT2D eigenvalue weighted by molar-refractivity contribution is -0.386. The van der Waals surface area contributed by atoms with Crippen molar-refractivity contribution in [3.8, 4) is 0 Å². The molecule has 0 aromatic heterocycles. The number of carbonyl (C=O) groups excluding carboxylic acids is 8. The molecule has 1 N–H and O–H groups in total. The van der Waals surface area contributed by atoms with Crippen LogP contribution in [0.25, 0.3) is 0 Å². The van der Waals surface area contributed by atoms with Gasteiger partial charge in [0.15, 0.2) is 30.0 Å². The number of hydrogen-bond donors (Lipinski definition) is 1. The van der Waals surface area contributed by atoms with E-state index in [4.69, 9.17) is 42.6 Å². The monoisotopic (exact) mass is 702 g/mol. The molecule has 274 valence electrons. The van der Waals surface area contributed by atoms with Gasteiger partial charge in [-0.1, -0.05) is 0 Å². The Bertz CT molecular complexity index is 1400. The van der Waals surface area contributed by atoms with Crippen LogP contribution in [0.5, 0.6) is 0 Å². The zero-order valence-electron chi connectivity index (χ0n) is 28.8. The van der Waals surface area contributed by atoms with Crippen molar-refractivity contribution in [2.24, 2.45) is 11.3 Å². The lowest BCUT2D eigenvalue weighted by Gasteiger charge is -2.67. The van der Waals surface area contributed by atoms with Crippen LogP contribution in [-0.4, -0.2) is 120 Å². The van der Waals surface area contributed by atoms with Gasteiger partial charge >= 0.3 is 47.8 Å². The molecule has 49 heavy (non-hydrogen) atoms. The van der Waals surface area contributed by atoms with Crippen LogP contribution in [0.1, 0.15) is 69.2 Å². The first-order chi connectivity index (χ1) is 22.5. The molecule has 0 aromatic rings. The topological polar surface area (TPSA) is 240 Å². The van der Waals surface area contributed by atoms with Crippen LogP contribution in [-0.2, 0) is 81.0 Å². The normalized spacial score (nSPS) is 37.3. The van der Waals surface area contributed by atoms with E-state index in [1.54, 1.807) is 0 Å². The Kier molecular flexibility index (Phi) is 11.1. The first-order valence-corrected chi connectivity index (χ1v) is 15.2. The highest BCUT2D eigenvalue weighted by atomic mass is 16.7. The second-order valence-electron chi connectivity index (χ2n) is 12.7. The summed E-state index contributed by atoms with van der Waals surface area (Å²) in [5.41, 5.74) is -9.92. The van der Waals surface area contributed by atoms with Gasteiger partial charge in [-0.15, -0.1) is 0 Å². The zero-order valence-corrected chi connectivity index (χ0v) is 28.8. The van der Waals surface area contributed by atoms with Crippen LogP contribution in [0, 0.1) is 11.3 Å². The Labute approximate surface area is 281 Å². The lowest BCUT2D eigenvalue weighted by atomic mass is 9.45. The molecule has 2 saturated carbocycles. The number of ether oxygens (including phenoxy) is 9. The molecule has 0 amide bonds. The fourth-order valence-electron chi connectivity index (χ4n) is 7.76. The Morgan fingerprint density at radius 2 is 0.878 bits per heavy atom. The highest BCUT2D eigenvalue weighted by molar-refractivity contribution is 5.71. The maximum atomic E-state index is 12.9. The first kappa shape index (κ1) is 39.1. The van der Waals surface area contributed by atoms with Gasteiger partial charge in [-0.25, -0.2) is 0 Å². The molecule has 1 aliphatic heterocycles. The van der Waals surface area contributed by atoms with Gasteiger partial charge in [0.25, 0.3) is 0 Å². The van der Waals surface area contributed by atoms with Crippen LogP contribution >= 0.6 is 0 Å². The van der Waals surface area contributed by atoms with Crippen LogP contribution in [0.15, 0.2) is 0 Å². The van der Waals surface area contributed by atoms with E-state index in [0.29, 0.717) is 0 Å². The molecule has 0 unspecified atom stereocenters. The summed E-state index contributed by atoms with van der Waals surface area (Å²) in [6.07, 6.45) is -11.6. The molecule has 2 aliphatic carbocycles. The molecule has 1 saturated heterocycles. The fraction of sp³-hybridized carbons (Fsp3) is 0.742. The Hall–Kier alpha value is -4.32. The SMILES string of the molecule is CC(=O)OC[C@]12[C@H](OC(C)=O)[C@H](OC(C)=O)[C@@H]3[C@@H](OC(C)=O)[C@]1(O[C@@]3(C)COC(C)=O)[C@](C)(O)[C@H](OC(C)=O)[C@H](OC(C)=O)[C@@H]2OC(C)=O. The van der Waals surface area contributed by atoms with E-state index < -0.39 is 126 Å². The molecular formula is C31H42O18. The summed E-state index contributed by atoms with van der Waals surface area (Å²) < 4.78 is 52.1. The minimum atomic E-state index is -2.75. The summed E-state index contributed by atoms with van der Waals surface area (Å²) >= 11 is 0. The van der Waals surface area contributed by atoms with Crippen LogP contribution in [0.2, 0.25) is 0 Å². The average molecular weight is 703 g/mol. The van der Waals surface area contributed by atoms with Crippen molar-refractivity contribution < 1.29 is 86.1 Å². The third kappa shape index (κ3) is 6.79. The predicted molar refractivity (Wildman–Crippen MR) is 155 cm³/mol. The van der Waals surface area contributed by atoms with Gasteiger partial charge in [0.05, 0.1) is 5.92 Å². The second kappa shape index (κ2) is 13.9. The number of fused-ring (bicyclic) bond motifs is 1. The fourth-order valence-corrected chi connectivity index (χ4v) is 7.76. The number of rotatable bonds is 10. The first-order valence-electron chi connectivity index (χ1n) is 15.2. The van der Waals surface area contributed by atoms with Crippen molar-refractivity contribution in [2.75, 3.05) is 13.2 Å². The Morgan fingerprint density at radius 3 is 1.31 bits per heavy atom. The third-order valence-electron chi connectivity index (χ3n) is 8.94. The van der Waals surface area contributed by atoms with E-state index in [2.05, 4.69) is 0 Å². The minimum absolute atomic E-state index is 0.666. The maximum Gasteiger partial charge on any atom is 0.303 e. The summed E-state index contributed by atoms with van der Waals surface area (Å²) in [7, 11) is 0. The minimum Gasteiger partial charge on any atom is -0.465 e. The summed E-state index contributed by atoms with van der Waals surface area (Å²) in [6, 6.07) is 0. The van der Waals surface area contributed by atoms with Crippen molar-refractivity contribution >= 4 is 47.8 Å². The molecule has 18 nitrogen and oxygen atoms in total. The van der Waals surface area contributed by atoms with Gasteiger partial charge in [-0.05, 0) is 13.8 Å². The number of hydrogen-bond acceptors (Lipinski definition) is 18. The smallest absolute Gasteiger partial charge is 0.303 e. The van der Waals surface area contributed by atoms with Gasteiger partial charge in [-0.3, -0.25) is 38.4 Å². The largest absolute Gasteiger partial charge is 0.465 e. The highest BCUT2D eigenvalue weighted by Crippen LogP contribution is 2.70. The van der Waals surface area contributed by atoms with Crippen LogP contribution in [0.3, 0.4) is 0 Å². The quantitative estimate of drug-likeness (QED) is 0.225. The van der Waals surface area contributed by atoms with Crippen LogP contribution in [0.4, 0.5) is 0 Å². The van der Waals surface area contributed by atoms with Gasteiger partial charge in [0.1, 0.15) is 42.0 Å². The molecule has 1 spiro atoms. The Balaban J connectivity index is 2.72. The standard InChI is InChI=1S/C31H42O18/c1-13(32)41-11-28(9)21-22(43-15(3)34)26(47-19(7)38)30(12-42-14(2)33)27(48-20(8)39)23(44-16(4)35)25(46-18(6)37)29(10,40)31(30,49-28)24(21)45-17(5)36/h21-27,40H,11-12H2,1-10H3/t21-,22-,23+,24-,25-,26-,27+,28+,29-,30-,31+/m1/s1. The van der Waals surface area contributed by atoms with Gasteiger partial charge < -0.3 is 47.7 Å². The van der Waals surface area contributed by atoms with Crippen molar-refractivity contribution in [2.45, 2.75) is 123 Å². The van der Waals surface area contributed by atoms with Gasteiger partial charge in [-0.2, -0.15) is 0 Å². The summed E-state index contributed by atoms with van der Waals surface area (Å²) in [4.78, 5) is 101. The van der Waals surface area contributed by atoms with Crippen molar-refractivity contribution in [3.63, 3.8) is 0 Å². The van der Waals surface area contributed by atoms with E-state index in [0.717, 1.165) is 62.3 Å². The number of esters is 8. The summed E-state index contributed by atoms with van der Waals surface area (Å²) in [5.74, 6) is -9.38. The summed E-state index contributed by atoms with van der Waals surface area (Å²) in [6.45, 7) is 8.65. The third-order valence-corrected chi connectivity index (χ3v) is 8.94. The second-order valence-corrected chi connectivity index (χ2v) is 12.7. The van der Waals surface area contributed by atoms with E-state index in [1.807, 2.05) is 0 Å². The molecule has 3 aliphatic rings. The van der Waals surface area contributed by atoms with Crippen molar-refractivity contribution in [1.82, 2.24) is 0 Å². The van der Waals surface area contributed by atoms with E-state index in [1.165, 1.54) is 6.92 Å². The predicted octanol–water partition coefficient (Wildman–Crippen LogP) is -0.389. The van der Waals surface area contributed by atoms with Crippen molar-refractivity contribution in [3.05, 3.63) is 0 Å². The van der Waals surface area contributed by atoms with Crippen LogP contribution < -0.4 is 0 Å². The molecule has 1 heterocycles. The molecule has 3 rings (SSSR count). The molecular weight excluding hydrogens is 660 g/mol. The number of carbonyl (C=O) groups is 8. The Morgan fingerprint density at radius 1 is 0.510 bits per heavy atom. The average Bonchev–Trinajstić information content (AvgIpc) is 3.14. The number of aliphatic hydroxyl groups is 1. The van der Waals surface area contributed by atoms with E-state index in [9.17, 15) is 43.5 Å². The molecule has 0 aromatic carbocycles. The molecule has 11 atom stereocenters. The molecule has 2 bridgehead atoms. The zero-order chi connectivity index (χ0) is 37.4. The lowest BCUT2D eigenvalue weighted by Crippen LogP contribution is -2.89. The highest BCUT2D eigenvalue weighted by Gasteiger charge is 2.91. The molecule has 0 radical (unpaired) electrons. The molecule has 3 fully saturated rings. The van der Waals surface area contributed by atoms with E-state index in [-0.39, 0.29) is 0 Å². The van der Waals surface area contributed by atoms with Gasteiger partial charge in [0.2, 0.25) is 0 Å².